The first-order chi connectivity index (χ1) is 22.5. The number of benzene rings is 4. The van der Waals surface area contributed by atoms with Crippen LogP contribution < -0.4 is 9.47 Å². The van der Waals surface area contributed by atoms with E-state index < -0.39 is 0 Å². The monoisotopic (exact) mass is 658 g/mol. The van der Waals surface area contributed by atoms with Gasteiger partial charge in [-0.25, -0.2) is 0 Å². The molecule has 4 aromatic rings. The van der Waals surface area contributed by atoms with Crippen molar-refractivity contribution in [3.63, 3.8) is 0 Å². The van der Waals surface area contributed by atoms with Crippen LogP contribution in [0.4, 0.5) is 0 Å². The van der Waals surface area contributed by atoms with Gasteiger partial charge in [0.15, 0.2) is 11.6 Å². The molecule has 0 aromatic heterocycles. The third-order valence-electron chi connectivity index (χ3n) is 7.25. The highest BCUT2D eigenvalue weighted by Crippen LogP contribution is 2.42. The van der Waals surface area contributed by atoms with E-state index in [0.29, 0.717) is 44.2 Å². The van der Waals surface area contributed by atoms with Crippen LogP contribution >= 0.6 is 23.5 Å². The number of aryl methyl sites for hydroxylation is 2. The molecule has 0 unspecified atom stereocenters. The number of ketones is 2. The number of hydrogen-bond acceptors (Lipinski definition) is 8. The van der Waals surface area contributed by atoms with E-state index in [2.05, 4.69) is 32.0 Å². The average Bonchev–Trinajstić information content (AvgIpc) is 3.09. The Balaban J connectivity index is 0.000000212. The summed E-state index contributed by atoms with van der Waals surface area (Å²) in [4.78, 5) is 28.3. The van der Waals surface area contributed by atoms with E-state index in [1.165, 1.54) is 16.0 Å². The maximum absolute atomic E-state index is 12.8. The van der Waals surface area contributed by atoms with Gasteiger partial charge in [-0.1, -0.05) is 49.9 Å². The molecule has 0 fully saturated rings. The summed E-state index contributed by atoms with van der Waals surface area (Å²) in [7, 11) is 3.25. The molecule has 8 heteroatoms. The van der Waals surface area contributed by atoms with Crippen LogP contribution in [0.1, 0.15) is 57.7 Å². The minimum Gasteiger partial charge on any atom is -0.490 e. The van der Waals surface area contributed by atoms with E-state index in [1.54, 1.807) is 43.8 Å². The zero-order chi connectivity index (χ0) is 32.7. The van der Waals surface area contributed by atoms with Crippen LogP contribution in [-0.2, 0) is 22.3 Å². The molecule has 5 rings (SSSR count). The lowest BCUT2D eigenvalue weighted by atomic mass is 9.97. The molecule has 0 radical (unpaired) electrons. The van der Waals surface area contributed by atoms with Crippen molar-refractivity contribution in [1.82, 2.24) is 0 Å². The predicted molar refractivity (Wildman–Crippen MR) is 186 cm³/mol. The molecule has 0 amide bonds. The van der Waals surface area contributed by atoms with Gasteiger partial charge >= 0.3 is 0 Å². The quantitative estimate of drug-likeness (QED) is 0.0986. The maximum Gasteiger partial charge on any atom is 0.193 e. The molecule has 0 aliphatic carbocycles. The van der Waals surface area contributed by atoms with Gasteiger partial charge in [-0.05, 0) is 84.6 Å². The molecule has 6 nitrogen and oxygen atoms in total. The van der Waals surface area contributed by atoms with E-state index in [1.807, 2.05) is 60.7 Å². The molecule has 0 spiro atoms. The normalized spacial score (nSPS) is 12.1. The molecule has 1 aliphatic heterocycles. The Morgan fingerprint density at radius 2 is 1.30 bits per heavy atom. The first kappa shape index (κ1) is 35.3. The minimum atomic E-state index is 0.0984. The van der Waals surface area contributed by atoms with Gasteiger partial charge in [-0.15, -0.1) is 11.8 Å². The summed E-state index contributed by atoms with van der Waals surface area (Å²) in [6.45, 7) is 6.13. The second-order valence-corrected chi connectivity index (χ2v) is 12.7. The van der Waals surface area contributed by atoms with Crippen LogP contribution in [0.3, 0.4) is 0 Å². The van der Waals surface area contributed by atoms with Crippen molar-refractivity contribution in [2.24, 2.45) is 0 Å². The second kappa shape index (κ2) is 18.6. The van der Waals surface area contributed by atoms with Gasteiger partial charge in [0.25, 0.3) is 0 Å². The number of methoxy groups -OCH3 is 2. The molecule has 0 atom stereocenters. The highest BCUT2D eigenvalue weighted by atomic mass is 32.2. The standard InChI is InChI=1S/C23H22OS.C15H20O5S/c1-3-17-14-18(4-2)16-20(15-17)23(24)19-10-12-22(13-11-19)25-21-8-6-5-7-9-21;1-17-6-8-19-12-3-4-13(20-9-7-18-2)15-14(12)11(16)5-10-21-15/h5-16H,3-4H2,1-2H3;3-4H,5-10H2,1-2H3. The Bertz CT molecular complexity index is 1550. The molecule has 46 heavy (non-hydrogen) atoms. The third-order valence-corrected chi connectivity index (χ3v) is 9.37. The van der Waals surface area contributed by atoms with Crippen molar-refractivity contribution in [2.75, 3.05) is 46.4 Å². The van der Waals surface area contributed by atoms with Crippen LogP contribution in [0, 0.1) is 0 Å². The van der Waals surface area contributed by atoms with Gasteiger partial charge in [0.2, 0.25) is 0 Å². The number of thioether (sulfide) groups is 1. The van der Waals surface area contributed by atoms with Gasteiger partial charge < -0.3 is 18.9 Å². The van der Waals surface area contributed by atoms with Gasteiger partial charge in [-0.2, -0.15) is 0 Å². The summed E-state index contributed by atoms with van der Waals surface area (Å²) in [5.41, 5.74) is 4.61. The molecule has 0 saturated heterocycles. The third kappa shape index (κ3) is 9.97. The summed E-state index contributed by atoms with van der Waals surface area (Å²) in [5, 5.41) is 0. The fraction of sp³-hybridized carbons (Fsp3) is 0.316. The van der Waals surface area contributed by atoms with Crippen molar-refractivity contribution < 1.29 is 28.5 Å². The van der Waals surface area contributed by atoms with Crippen molar-refractivity contribution in [3.8, 4) is 11.5 Å². The summed E-state index contributed by atoms with van der Waals surface area (Å²) in [6.07, 6.45) is 2.42. The largest absolute Gasteiger partial charge is 0.490 e. The van der Waals surface area contributed by atoms with E-state index in [9.17, 15) is 9.59 Å². The topological polar surface area (TPSA) is 71.1 Å². The Morgan fingerprint density at radius 1 is 0.717 bits per heavy atom. The number of carbonyl (C=O) groups is 2. The number of carbonyl (C=O) groups excluding carboxylic acids is 2. The highest BCUT2D eigenvalue weighted by molar-refractivity contribution is 7.99. The molecular formula is C38H42O6S2. The Kier molecular flexibility index (Phi) is 14.2. The summed E-state index contributed by atoms with van der Waals surface area (Å²) in [5.74, 6) is 2.31. The van der Waals surface area contributed by atoms with Gasteiger partial charge in [0.05, 0.1) is 23.7 Å². The Morgan fingerprint density at radius 3 is 1.91 bits per heavy atom. The number of Topliss-reactive ketones (excluding diaryl/α,β-unsaturated/α-hetero) is 1. The lowest BCUT2D eigenvalue weighted by Crippen LogP contribution is -2.15. The number of rotatable bonds is 14. The molecule has 4 aromatic carbocycles. The Labute approximate surface area is 281 Å². The van der Waals surface area contributed by atoms with Gasteiger partial charge in [-0.3, -0.25) is 9.59 Å². The average molecular weight is 659 g/mol. The molecule has 1 heterocycles. The zero-order valence-corrected chi connectivity index (χ0v) is 28.6. The van der Waals surface area contributed by atoms with Crippen molar-refractivity contribution in [1.29, 1.82) is 0 Å². The number of hydrogen-bond donors (Lipinski definition) is 0. The van der Waals surface area contributed by atoms with Gasteiger partial charge in [0.1, 0.15) is 24.7 Å². The van der Waals surface area contributed by atoms with Crippen molar-refractivity contribution in [2.45, 2.75) is 47.8 Å². The maximum atomic E-state index is 12.8. The Hall–Kier alpha value is -3.56. The lowest BCUT2D eigenvalue weighted by molar-refractivity contribution is 0.0973. The van der Waals surface area contributed by atoms with Crippen molar-refractivity contribution in [3.05, 3.63) is 113 Å². The first-order valence-electron chi connectivity index (χ1n) is 15.5. The predicted octanol–water partition coefficient (Wildman–Crippen LogP) is 8.61. The summed E-state index contributed by atoms with van der Waals surface area (Å²) in [6, 6.07) is 28.0. The van der Waals surface area contributed by atoms with Crippen LogP contribution in [0.15, 0.2) is 99.6 Å². The highest BCUT2D eigenvalue weighted by Gasteiger charge is 2.26. The van der Waals surface area contributed by atoms with Crippen LogP contribution in [-0.4, -0.2) is 58.0 Å². The van der Waals surface area contributed by atoms with Crippen LogP contribution in [0.25, 0.3) is 0 Å². The van der Waals surface area contributed by atoms with E-state index >= 15 is 0 Å². The molecular weight excluding hydrogens is 617 g/mol. The number of ether oxygens (including phenoxy) is 4. The molecule has 0 N–H and O–H groups in total. The van der Waals surface area contributed by atoms with E-state index in [-0.39, 0.29) is 11.6 Å². The molecule has 1 aliphatic rings. The van der Waals surface area contributed by atoms with E-state index in [4.69, 9.17) is 18.9 Å². The lowest BCUT2D eigenvalue weighted by Gasteiger charge is -2.21. The molecule has 242 valence electrons. The fourth-order valence-corrected chi connectivity index (χ4v) is 6.75. The SMILES string of the molecule is CCc1cc(CC)cc(C(=O)c2ccc(Sc3ccccc3)cc2)c1.COCCOc1ccc(OCCOC)c2c1SCCC2=O. The molecule has 0 saturated carbocycles. The molecule has 0 bridgehead atoms. The smallest absolute Gasteiger partial charge is 0.193 e. The summed E-state index contributed by atoms with van der Waals surface area (Å²) < 4.78 is 21.3. The zero-order valence-electron chi connectivity index (χ0n) is 27.0. The van der Waals surface area contributed by atoms with Crippen LogP contribution in [0.2, 0.25) is 0 Å². The van der Waals surface area contributed by atoms with Gasteiger partial charge in [0, 0.05) is 47.3 Å². The first-order valence-corrected chi connectivity index (χ1v) is 17.3. The fourth-order valence-electron chi connectivity index (χ4n) is 4.80. The summed E-state index contributed by atoms with van der Waals surface area (Å²) >= 11 is 3.34. The van der Waals surface area contributed by atoms with E-state index in [0.717, 1.165) is 45.3 Å². The minimum absolute atomic E-state index is 0.0984. The number of fused-ring (bicyclic) bond motifs is 1. The second-order valence-electron chi connectivity index (χ2n) is 10.5. The van der Waals surface area contributed by atoms with Crippen molar-refractivity contribution >= 4 is 35.1 Å². The van der Waals surface area contributed by atoms with Crippen LogP contribution in [0.5, 0.6) is 11.5 Å².